The molecule has 0 aliphatic rings. The first-order valence-corrected chi connectivity index (χ1v) is 9.70. The fourth-order valence-corrected chi connectivity index (χ4v) is 3.11. The normalized spacial score (nSPS) is 12.3. The lowest BCUT2D eigenvalue weighted by Crippen LogP contribution is -2.38. The van der Waals surface area contributed by atoms with Gasteiger partial charge in [-0.3, -0.25) is 13.9 Å². The van der Waals surface area contributed by atoms with Gasteiger partial charge >= 0.3 is 5.69 Å². The van der Waals surface area contributed by atoms with Crippen molar-refractivity contribution in [3.05, 3.63) is 51.2 Å². The molecule has 0 fully saturated rings. The lowest BCUT2D eigenvalue weighted by molar-refractivity contribution is 0.0938. The van der Waals surface area contributed by atoms with Crippen molar-refractivity contribution in [3.63, 3.8) is 0 Å². The van der Waals surface area contributed by atoms with E-state index in [0.29, 0.717) is 18.2 Å². The minimum atomic E-state index is -0.874. The lowest BCUT2D eigenvalue weighted by Gasteiger charge is -2.16. The summed E-state index contributed by atoms with van der Waals surface area (Å²) in [6.45, 7) is 2.91. The minimum Gasteiger partial charge on any atom is -0.491 e. The van der Waals surface area contributed by atoms with Gasteiger partial charge in [-0.2, -0.15) is 4.98 Å². The molecule has 0 saturated heterocycles. The van der Waals surface area contributed by atoms with E-state index in [2.05, 4.69) is 17.2 Å². The summed E-state index contributed by atoms with van der Waals surface area (Å²) in [5.74, 6) is 1.10. The molecule has 2 aromatic heterocycles. The molecule has 9 heteroatoms. The zero-order chi connectivity index (χ0) is 21.0. The van der Waals surface area contributed by atoms with E-state index >= 15 is 0 Å². The van der Waals surface area contributed by atoms with Gasteiger partial charge in [0.15, 0.2) is 11.2 Å². The number of aromatic nitrogens is 4. The lowest BCUT2D eigenvalue weighted by atomic mass is 10.3. The Hall–Kier alpha value is -3.07. The van der Waals surface area contributed by atoms with Crippen LogP contribution in [0.2, 0.25) is 0 Å². The van der Waals surface area contributed by atoms with Gasteiger partial charge in [0, 0.05) is 20.6 Å². The molecule has 0 unspecified atom stereocenters. The summed E-state index contributed by atoms with van der Waals surface area (Å²) in [5.41, 5.74) is -0.337. The van der Waals surface area contributed by atoms with Gasteiger partial charge in [0.05, 0.1) is 6.54 Å². The Balaban J connectivity index is 1.94. The maximum Gasteiger partial charge on any atom is 0.332 e. The van der Waals surface area contributed by atoms with E-state index in [4.69, 9.17) is 4.74 Å². The molecule has 0 spiro atoms. The van der Waals surface area contributed by atoms with Crippen LogP contribution in [0.15, 0.2) is 39.9 Å². The first-order valence-electron chi connectivity index (χ1n) is 9.70. The van der Waals surface area contributed by atoms with Gasteiger partial charge in [0.25, 0.3) is 5.56 Å². The van der Waals surface area contributed by atoms with E-state index in [-0.39, 0.29) is 24.3 Å². The molecule has 156 valence electrons. The predicted octanol–water partition coefficient (Wildman–Crippen LogP) is 1.09. The highest BCUT2D eigenvalue weighted by molar-refractivity contribution is 5.74. The SMILES string of the molecule is CCCCNc1nc2c(c(=O)n(C)c(=O)n2C)n1C[C@H](O)COc1ccccc1. The summed E-state index contributed by atoms with van der Waals surface area (Å²) in [5, 5.41) is 13.8. The average Bonchev–Trinajstić information content (AvgIpc) is 3.08. The van der Waals surface area contributed by atoms with Crippen LogP contribution in [0, 0.1) is 0 Å². The van der Waals surface area contributed by atoms with E-state index in [1.165, 1.54) is 11.6 Å². The number of rotatable bonds is 9. The van der Waals surface area contributed by atoms with Crippen LogP contribution in [0.5, 0.6) is 5.75 Å². The van der Waals surface area contributed by atoms with Crippen molar-refractivity contribution < 1.29 is 9.84 Å². The van der Waals surface area contributed by atoms with Crippen molar-refractivity contribution in [3.8, 4) is 5.75 Å². The Morgan fingerprint density at radius 2 is 1.90 bits per heavy atom. The maximum atomic E-state index is 12.8. The van der Waals surface area contributed by atoms with Crippen LogP contribution in [0.3, 0.4) is 0 Å². The van der Waals surface area contributed by atoms with Crippen LogP contribution in [0.1, 0.15) is 19.8 Å². The second kappa shape index (κ2) is 8.95. The van der Waals surface area contributed by atoms with E-state index in [9.17, 15) is 14.7 Å². The molecule has 0 aliphatic carbocycles. The number of aliphatic hydroxyl groups is 1. The Kier molecular flexibility index (Phi) is 6.38. The van der Waals surface area contributed by atoms with Gasteiger partial charge in [-0.15, -0.1) is 0 Å². The van der Waals surface area contributed by atoms with Gasteiger partial charge in [-0.1, -0.05) is 31.5 Å². The van der Waals surface area contributed by atoms with Crippen LogP contribution >= 0.6 is 0 Å². The average molecular weight is 401 g/mol. The van der Waals surface area contributed by atoms with Crippen LogP contribution in [0.25, 0.3) is 11.2 Å². The van der Waals surface area contributed by atoms with Crippen molar-refractivity contribution >= 4 is 17.1 Å². The monoisotopic (exact) mass is 401 g/mol. The summed E-state index contributed by atoms with van der Waals surface area (Å²) in [7, 11) is 3.01. The number of anilines is 1. The number of nitrogens with one attached hydrogen (secondary N) is 1. The van der Waals surface area contributed by atoms with Crippen molar-refractivity contribution in [2.45, 2.75) is 32.4 Å². The number of hydrogen-bond acceptors (Lipinski definition) is 6. The first kappa shape index (κ1) is 20.7. The quantitative estimate of drug-likeness (QED) is 0.520. The molecule has 0 amide bonds. The number of para-hydroxylation sites is 1. The van der Waals surface area contributed by atoms with Gasteiger partial charge < -0.3 is 19.7 Å². The summed E-state index contributed by atoms with van der Waals surface area (Å²) >= 11 is 0. The summed E-state index contributed by atoms with van der Waals surface area (Å²) in [6.07, 6.45) is 1.06. The number of aliphatic hydroxyl groups excluding tert-OH is 1. The Morgan fingerprint density at radius 1 is 1.17 bits per heavy atom. The van der Waals surface area contributed by atoms with Gasteiger partial charge in [-0.25, -0.2) is 4.79 Å². The van der Waals surface area contributed by atoms with Gasteiger partial charge in [0.2, 0.25) is 5.95 Å². The first-order chi connectivity index (χ1) is 13.9. The molecule has 3 rings (SSSR count). The molecule has 1 aromatic carbocycles. The third-order valence-corrected chi connectivity index (χ3v) is 4.74. The number of aryl methyl sites for hydroxylation is 1. The smallest absolute Gasteiger partial charge is 0.332 e. The molecule has 2 N–H and O–H groups in total. The Morgan fingerprint density at radius 3 is 2.59 bits per heavy atom. The standard InChI is InChI=1S/C20H27N5O4/c1-4-5-11-21-19-22-17-16(18(27)24(3)20(28)23(17)2)25(19)12-14(26)13-29-15-9-7-6-8-10-15/h6-10,14,26H,4-5,11-13H2,1-3H3,(H,21,22)/t14-/m0/s1. The molecule has 0 saturated carbocycles. The maximum absolute atomic E-state index is 12.8. The predicted molar refractivity (Wildman–Crippen MR) is 112 cm³/mol. The molecular formula is C20H27N5O4. The third-order valence-electron chi connectivity index (χ3n) is 4.74. The fraction of sp³-hybridized carbons (Fsp3) is 0.450. The zero-order valence-corrected chi connectivity index (χ0v) is 17.0. The summed E-state index contributed by atoms with van der Waals surface area (Å²) in [6, 6.07) is 9.20. The Labute approximate surface area is 168 Å². The minimum absolute atomic E-state index is 0.0597. The molecule has 9 nitrogen and oxygen atoms in total. The van der Waals surface area contributed by atoms with E-state index < -0.39 is 17.4 Å². The van der Waals surface area contributed by atoms with Crippen LogP contribution < -0.4 is 21.3 Å². The van der Waals surface area contributed by atoms with Crippen LogP contribution in [-0.2, 0) is 20.6 Å². The highest BCUT2D eigenvalue weighted by Crippen LogP contribution is 2.17. The molecule has 3 aromatic rings. The van der Waals surface area contributed by atoms with Crippen LogP contribution in [0.4, 0.5) is 5.95 Å². The fourth-order valence-electron chi connectivity index (χ4n) is 3.11. The van der Waals surface area contributed by atoms with Crippen molar-refractivity contribution in [2.24, 2.45) is 14.1 Å². The van der Waals surface area contributed by atoms with E-state index in [1.54, 1.807) is 11.6 Å². The highest BCUT2D eigenvalue weighted by atomic mass is 16.5. The third kappa shape index (κ3) is 4.34. The Bertz CT molecular complexity index is 1080. The number of unbranched alkanes of at least 4 members (excludes halogenated alkanes) is 1. The number of hydrogen-bond donors (Lipinski definition) is 2. The number of fused-ring (bicyclic) bond motifs is 1. The second-order valence-corrected chi connectivity index (χ2v) is 6.98. The zero-order valence-electron chi connectivity index (χ0n) is 17.0. The van der Waals surface area contributed by atoms with Gasteiger partial charge in [0.1, 0.15) is 18.5 Å². The topological polar surface area (TPSA) is 103 Å². The van der Waals surface area contributed by atoms with E-state index in [0.717, 1.165) is 17.4 Å². The highest BCUT2D eigenvalue weighted by Gasteiger charge is 2.21. The van der Waals surface area contributed by atoms with Crippen LogP contribution in [-0.4, -0.2) is 43.0 Å². The summed E-state index contributed by atoms with van der Waals surface area (Å²) < 4.78 is 9.64. The van der Waals surface area contributed by atoms with Crippen molar-refractivity contribution in [2.75, 3.05) is 18.5 Å². The molecule has 0 bridgehead atoms. The number of ether oxygens (including phenoxy) is 1. The second-order valence-electron chi connectivity index (χ2n) is 6.98. The van der Waals surface area contributed by atoms with Gasteiger partial charge in [-0.05, 0) is 18.6 Å². The number of imidazole rings is 1. The molecule has 2 heterocycles. The molecule has 0 aliphatic heterocycles. The summed E-state index contributed by atoms with van der Waals surface area (Å²) in [4.78, 5) is 29.5. The molecule has 1 atom stereocenters. The van der Waals surface area contributed by atoms with E-state index in [1.807, 2.05) is 30.3 Å². The molecule has 29 heavy (non-hydrogen) atoms. The molecule has 0 radical (unpaired) electrons. The number of benzene rings is 1. The molecular weight excluding hydrogens is 374 g/mol. The number of nitrogens with zero attached hydrogens (tertiary/aromatic N) is 4. The largest absolute Gasteiger partial charge is 0.491 e. The van der Waals surface area contributed by atoms with Crippen molar-refractivity contribution in [1.29, 1.82) is 0 Å². The van der Waals surface area contributed by atoms with Crippen molar-refractivity contribution in [1.82, 2.24) is 18.7 Å².